The van der Waals surface area contributed by atoms with Crippen LogP contribution in [0.25, 0.3) is 11.3 Å². The van der Waals surface area contributed by atoms with Gasteiger partial charge in [0.05, 0.1) is 34.9 Å². The van der Waals surface area contributed by atoms with Crippen molar-refractivity contribution in [2.24, 2.45) is 0 Å². The fourth-order valence-corrected chi connectivity index (χ4v) is 4.39. The Labute approximate surface area is 206 Å². The Kier molecular flexibility index (Phi) is 6.29. The lowest BCUT2D eigenvalue weighted by Gasteiger charge is -2.39. The molecular weight excluding hydrogens is 468 g/mol. The van der Waals surface area contributed by atoms with E-state index in [0.717, 1.165) is 12.5 Å². The number of fused-ring (bicyclic) bond motifs is 1. The molecule has 1 saturated heterocycles. The van der Waals surface area contributed by atoms with Crippen LogP contribution in [0.15, 0.2) is 36.7 Å². The summed E-state index contributed by atoms with van der Waals surface area (Å²) in [5.41, 5.74) is 2.27. The van der Waals surface area contributed by atoms with Gasteiger partial charge in [-0.1, -0.05) is 12.0 Å². The number of carbonyl (C=O) groups is 2. The molecule has 3 N–H and O–H groups in total. The number of H-pyrrole nitrogens is 1. The molecule has 2 aromatic heterocycles. The van der Waals surface area contributed by atoms with Crippen LogP contribution < -0.4 is 15.4 Å². The molecule has 0 bridgehead atoms. The number of nitrogens with one attached hydrogen (secondary N) is 3. The molecule has 4 heterocycles. The Morgan fingerprint density at radius 1 is 1.33 bits per heavy atom. The molecule has 1 aromatic carbocycles. The first-order valence-electron chi connectivity index (χ1n) is 11.5. The number of amides is 2. The maximum atomic E-state index is 14.5. The number of nitrogens with zero attached hydrogens (tertiary/aromatic N) is 2. The van der Waals surface area contributed by atoms with Gasteiger partial charge in [-0.3, -0.25) is 14.6 Å². The van der Waals surface area contributed by atoms with Gasteiger partial charge in [-0.15, -0.1) is 0 Å². The number of ether oxygens (including phenoxy) is 1. The van der Waals surface area contributed by atoms with E-state index in [9.17, 15) is 18.4 Å². The maximum absolute atomic E-state index is 14.5. The van der Waals surface area contributed by atoms with Crippen LogP contribution in [0.1, 0.15) is 29.4 Å². The molecule has 1 fully saturated rings. The fourth-order valence-electron chi connectivity index (χ4n) is 4.39. The lowest BCUT2D eigenvalue weighted by Crippen LogP contribution is -2.53. The number of anilines is 2. The average Bonchev–Trinajstić information content (AvgIpc) is 3.21. The molecule has 2 aliphatic rings. The number of benzene rings is 1. The minimum Gasteiger partial charge on any atom is -0.489 e. The molecule has 2 amide bonds. The third-order valence-electron chi connectivity index (χ3n) is 6.30. The summed E-state index contributed by atoms with van der Waals surface area (Å²) in [5.74, 6) is 2.96. The number of hydrogen-bond acceptors (Lipinski definition) is 5. The van der Waals surface area contributed by atoms with Crippen LogP contribution in [0.3, 0.4) is 0 Å². The largest absolute Gasteiger partial charge is 0.489 e. The summed E-state index contributed by atoms with van der Waals surface area (Å²) in [5, 5.41) is 5.71. The predicted molar refractivity (Wildman–Crippen MR) is 129 cm³/mol. The summed E-state index contributed by atoms with van der Waals surface area (Å²) in [7, 11) is 0. The lowest BCUT2D eigenvalue weighted by molar-refractivity contribution is -0.133. The lowest BCUT2D eigenvalue weighted by atomic mass is 10.0. The van der Waals surface area contributed by atoms with Crippen LogP contribution in [0.2, 0.25) is 0 Å². The monoisotopic (exact) mass is 491 g/mol. The number of aromatic nitrogens is 2. The highest BCUT2D eigenvalue weighted by Crippen LogP contribution is 2.40. The van der Waals surface area contributed by atoms with E-state index in [-0.39, 0.29) is 30.2 Å². The van der Waals surface area contributed by atoms with Gasteiger partial charge in [0, 0.05) is 37.0 Å². The number of carbonyl (C=O) groups excluding carboxylic acids is 2. The number of aromatic amines is 1. The second-order valence-corrected chi connectivity index (χ2v) is 8.46. The van der Waals surface area contributed by atoms with Crippen molar-refractivity contribution < 1.29 is 23.1 Å². The van der Waals surface area contributed by atoms with E-state index in [0.29, 0.717) is 53.5 Å². The Hall–Kier alpha value is -4.39. The molecule has 0 saturated carbocycles. The molecule has 0 spiro atoms. The van der Waals surface area contributed by atoms with Crippen LogP contribution in [0, 0.1) is 23.5 Å². The molecule has 184 valence electrons. The minimum atomic E-state index is -1.05. The summed E-state index contributed by atoms with van der Waals surface area (Å²) >= 11 is 0. The minimum absolute atomic E-state index is 0.103. The first-order chi connectivity index (χ1) is 17.5. The van der Waals surface area contributed by atoms with Gasteiger partial charge in [-0.2, -0.15) is 0 Å². The van der Waals surface area contributed by atoms with Crippen LogP contribution in [0.5, 0.6) is 5.75 Å². The van der Waals surface area contributed by atoms with Gasteiger partial charge in [-0.05, 0) is 37.5 Å². The van der Waals surface area contributed by atoms with Crippen LogP contribution in [-0.2, 0) is 11.2 Å². The van der Waals surface area contributed by atoms with Crippen LogP contribution >= 0.6 is 0 Å². The van der Waals surface area contributed by atoms with Crippen molar-refractivity contribution in [1.29, 1.82) is 0 Å². The highest BCUT2D eigenvalue weighted by atomic mass is 19.2. The van der Waals surface area contributed by atoms with Crippen molar-refractivity contribution in [3.63, 3.8) is 0 Å². The van der Waals surface area contributed by atoms with Gasteiger partial charge in [0.25, 0.3) is 11.8 Å². The Balaban J connectivity index is 1.50. The second-order valence-electron chi connectivity index (χ2n) is 8.46. The molecular formula is C26H23F2N5O3. The number of rotatable bonds is 6. The SMILES string of the molecule is CC#CC(=O)N1CC[C@@H]1COc1cnccc1-c1[nH]c2c(c1Nc1cccc(F)c1F)C(=O)NCC2. The quantitative estimate of drug-likeness (QED) is 0.459. The van der Waals surface area contributed by atoms with Crippen molar-refractivity contribution in [1.82, 2.24) is 20.2 Å². The molecule has 1 atom stereocenters. The molecule has 8 nitrogen and oxygen atoms in total. The Morgan fingerprint density at radius 2 is 2.19 bits per heavy atom. The number of halogens is 2. The summed E-state index contributed by atoms with van der Waals surface area (Å²) in [4.78, 5) is 34.0. The highest BCUT2D eigenvalue weighted by molar-refractivity contribution is 6.06. The van der Waals surface area contributed by atoms with Crippen molar-refractivity contribution in [3.05, 3.63) is 59.6 Å². The first kappa shape index (κ1) is 23.4. The number of hydrogen-bond donors (Lipinski definition) is 3. The third-order valence-corrected chi connectivity index (χ3v) is 6.30. The van der Waals surface area contributed by atoms with Crippen molar-refractivity contribution >= 4 is 23.2 Å². The normalized spacial score (nSPS) is 16.2. The summed E-state index contributed by atoms with van der Waals surface area (Å²) in [6.07, 6.45) is 4.44. The van der Waals surface area contributed by atoms with Crippen LogP contribution in [0.4, 0.5) is 20.2 Å². The summed E-state index contributed by atoms with van der Waals surface area (Å²) < 4.78 is 34.5. The zero-order valence-corrected chi connectivity index (χ0v) is 19.5. The molecule has 36 heavy (non-hydrogen) atoms. The van der Waals surface area contributed by atoms with Gasteiger partial charge < -0.3 is 25.3 Å². The standard InChI is InChI=1S/C26H23F2N5O3/c1-2-4-21(34)33-12-9-15(33)14-36-20-13-29-10-7-16(20)24-25(22-18(31-24)8-11-30-26(22)35)32-19-6-3-5-17(27)23(19)28/h3,5-7,10,13,15,31-32H,8-9,11-12,14H2,1H3,(H,30,35)/t15-/m1/s1. The molecule has 10 heteroatoms. The Morgan fingerprint density at radius 3 is 2.97 bits per heavy atom. The zero-order valence-electron chi connectivity index (χ0n) is 19.5. The predicted octanol–water partition coefficient (Wildman–Crippen LogP) is 3.39. The van der Waals surface area contributed by atoms with E-state index in [4.69, 9.17) is 4.74 Å². The van der Waals surface area contributed by atoms with E-state index >= 15 is 0 Å². The Bertz CT molecular complexity index is 1410. The van der Waals surface area contributed by atoms with Crippen LogP contribution in [-0.4, -0.2) is 52.4 Å². The average molecular weight is 491 g/mol. The van der Waals surface area contributed by atoms with Gasteiger partial charge in [0.2, 0.25) is 0 Å². The van der Waals surface area contributed by atoms with Crippen molar-refractivity contribution in [2.75, 3.05) is 25.0 Å². The molecule has 0 aliphatic carbocycles. The van der Waals surface area contributed by atoms with E-state index in [2.05, 4.69) is 32.4 Å². The van der Waals surface area contributed by atoms with E-state index < -0.39 is 11.6 Å². The first-order valence-corrected chi connectivity index (χ1v) is 11.5. The topological polar surface area (TPSA) is 99.3 Å². The van der Waals surface area contributed by atoms with Crippen molar-refractivity contribution in [2.45, 2.75) is 25.8 Å². The summed E-state index contributed by atoms with van der Waals surface area (Å²) in [6.45, 7) is 2.92. The van der Waals surface area contributed by atoms with Gasteiger partial charge >= 0.3 is 0 Å². The molecule has 3 aromatic rings. The van der Waals surface area contributed by atoms with E-state index in [1.165, 1.54) is 12.1 Å². The van der Waals surface area contributed by atoms with Gasteiger partial charge in [0.15, 0.2) is 11.6 Å². The van der Waals surface area contributed by atoms with Crippen molar-refractivity contribution in [3.8, 4) is 28.8 Å². The second kappa shape index (κ2) is 9.70. The number of pyridine rings is 1. The fraction of sp³-hybridized carbons (Fsp3) is 0.269. The highest BCUT2D eigenvalue weighted by Gasteiger charge is 2.33. The maximum Gasteiger partial charge on any atom is 0.298 e. The summed E-state index contributed by atoms with van der Waals surface area (Å²) in [6, 6.07) is 5.40. The third kappa shape index (κ3) is 4.24. The zero-order chi connectivity index (χ0) is 25.2. The molecule has 2 aliphatic heterocycles. The molecule has 5 rings (SSSR count). The van der Waals surface area contributed by atoms with E-state index in [1.807, 2.05) is 0 Å². The van der Waals surface area contributed by atoms with Gasteiger partial charge in [0.1, 0.15) is 12.4 Å². The van der Waals surface area contributed by atoms with E-state index in [1.54, 1.807) is 30.3 Å². The number of likely N-dealkylation sites (tertiary alicyclic amines) is 1. The molecule has 0 unspecified atom stereocenters. The molecule has 0 radical (unpaired) electrons. The van der Waals surface area contributed by atoms with Gasteiger partial charge in [-0.25, -0.2) is 8.78 Å². The smallest absolute Gasteiger partial charge is 0.298 e.